The molecular formula is C26H32N4O5. The molecule has 0 aliphatic rings. The van der Waals surface area contributed by atoms with Crippen LogP contribution in [0, 0.1) is 17.3 Å². The number of hydrogen-bond donors (Lipinski definition) is 6. The van der Waals surface area contributed by atoms with Gasteiger partial charge in [-0.05, 0) is 60.9 Å². The predicted octanol–water partition coefficient (Wildman–Crippen LogP) is 1.65. The summed E-state index contributed by atoms with van der Waals surface area (Å²) in [5.41, 5.74) is 3.89. The molecule has 0 spiro atoms. The molecule has 2 atom stereocenters. The topological polar surface area (TPSA) is 140 Å². The van der Waals surface area contributed by atoms with Crippen molar-refractivity contribution in [3.63, 3.8) is 0 Å². The van der Waals surface area contributed by atoms with Crippen LogP contribution in [0.5, 0.6) is 0 Å². The van der Waals surface area contributed by atoms with Crippen molar-refractivity contribution in [3.05, 3.63) is 65.2 Å². The van der Waals surface area contributed by atoms with Crippen LogP contribution in [0.2, 0.25) is 0 Å². The first-order valence-electron chi connectivity index (χ1n) is 11.1. The molecule has 0 aliphatic carbocycles. The lowest BCUT2D eigenvalue weighted by Crippen LogP contribution is -2.51. The van der Waals surface area contributed by atoms with Crippen LogP contribution in [0.4, 0.5) is 5.69 Å². The Balaban J connectivity index is 1.93. The Labute approximate surface area is 205 Å². The third kappa shape index (κ3) is 9.59. The van der Waals surface area contributed by atoms with Gasteiger partial charge in [0.25, 0.3) is 11.8 Å². The van der Waals surface area contributed by atoms with E-state index in [1.807, 2.05) is 0 Å². The number of hydrogen-bond acceptors (Lipinski definition) is 6. The first kappa shape index (κ1) is 27.5. The second kappa shape index (κ2) is 12.7. The second-order valence-electron chi connectivity index (χ2n) is 9.28. The van der Waals surface area contributed by atoms with Crippen molar-refractivity contribution < 1.29 is 24.7 Å². The molecule has 2 rings (SSSR count). The van der Waals surface area contributed by atoms with E-state index in [0.29, 0.717) is 11.3 Å². The SMILES string of the molecule is C[C@@H](O)[C@H](NC(=O)c1ccc(C#Cc2ccc(NC(=O)CNCC(C)(C)C)cc2)cc1)C(=O)NO. The number of rotatable bonds is 8. The molecule has 2 aromatic carbocycles. The minimum absolute atomic E-state index is 0.105. The van der Waals surface area contributed by atoms with E-state index in [0.717, 1.165) is 12.1 Å². The molecule has 0 fully saturated rings. The average Bonchev–Trinajstić information content (AvgIpc) is 2.80. The molecule has 0 aliphatic heterocycles. The van der Waals surface area contributed by atoms with Gasteiger partial charge < -0.3 is 21.1 Å². The number of amides is 3. The summed E-state index contributed by atoms with van der Waals surface area (Å²) in [4.78, 5) is 35.9. The van der Waals surface area contributed by atoms with Crippen LogP contribution in [0.15, 0.2) is 48.5 Å². The number of benzene rings is 2. The normalized spacial score (nSPS) is 12.5. The minimum atomic E-state index is -1.29. The van der Waals surface area contributed by atoms with Crippen LogP contribution >= 0.6 is 0 Å². The Bertz CT molecular complexity index is 1080. The van der Waals surface area contributed by atoms with Crippen molar-refractivity contribution in [3.8, 4) is 11.8 Å². The van der Waals surface area contributed by atoms with E-state index >= 15 is 0 Å². The van der Waals surface area contributed by atoms with Crippen LogP contribution in [0.1, 0.15) is 49.2 Å². The Kier molecular flexibility index (Phi) is 9.97. The van der Waals surface area contributed by atoms with Crippen molar-refractivity contribution in [1.29, 1.82) is 0 Å². The van der Waals surface area contributed by atoms with Gasteiger partial charge in [0.05, 0.1) is 12.6 Å². The number of aliphatic hydroxyl groups excluding tert-OH is 1. The highest BCUT2D eigenvalue weighted by Gasteiger charge is 2.25. The Morgan fingerprint density at radius 2 is 1.49 bits per heavy atom. The van der Waals surface area contributed by atoms with Gasteiger partial charge in [-0.3, -0.25) is 19.6 Å². The van der Waals surface area contributed by atoms with Gasteiger partial charge in [0.15, 0.2) is 0 Å². The predicted molar refractivity (Wildman–Crippen MR) is 133 cm³/mol. The Hall–Kier alpha value is -3.71. The lowest BCUT2D eigenvalue weighted by Gasteiger charge is -2.19. The maximum atomic E-state index is 12.3. The van der Waals surface area contributed by atoms with E-state index in [1.54, 1.807) is 48.5 Å². The largest absolute Gasteiger partial charge is 0.391 e. The van der Waals surface area contributed by atoms with E-state index < -0.39 is 24.0 Å². The fourth-order valence-electron chi connectivity index (χ4n) is 2.94. The smallest absolute Gasteiger partial charge is 0.268 e. The molecule has 3 amide bonds. The number of aliphatic hydroxyl groups is 1. The first-order chi connectivity index (χ1) is 16.5. The summed E-state index contributed by atoms with van der Waals surface area (Å²) in [5, 5.41) is 26.7. The molecule has 6 N–H and O–H groups in total. The molecule has 9 heteroatoms. The first-order valence-corrected chi connectivity index (χ1v) is 11.1. The third-order valence-corrected chi connectivity index (χ3v) is 4.77. The van der Waals surface area contributed by atoms with Gasteiger partial charge in [-0.15, -0.1) is 0 Å². The molecule has 35 heavy (non-hydrogen) atoms. The highest BCUT2D eigenvalue weighted by Crippen LogP contribution is 2.11. The van der Waals surface area contributed by atoms with E-state index in [2.05, 4.69) is 48.6 Å². The number of carbonyl (C=O) groups is 3. The number of nitrogens with one attached hydrogen (secondary N) is 4. The van der Waals surface area contributed by atoms with Crippen molar-refractivity contribution in [2.45, 2.75) is 39.8 Å². The maximum Gasteiger partial charge on any atom is 0.268 e. The lowest BCUT2D eigenvalue weighted by atomic mass is 9.97. The molecule has 0 saturated carbocycles. The number of anilines is 1. The molecule has 0 heterocycles. The fraction of sp³-hybridized carbons (Fsp3) is 0.346. The van der Waals surface area contributed by atoms with Crippen molar-refractivity contribution in [1.82, 2.24) is 16.1 Å². The molecule has 2 aromatic rings. The van der Waals surface area contributed by atoms with Crippen LogP contribution < -0.4 is 21.4 Å². The number of carbonyl (C=O) groups excluding carboxylic acids is 3. The minimum Gasteiger partial charge on any atom is -0.391 e. The quantitative estimate of drug-likeness (QED) is 0.193. The monoisotopic (exact) mass is 480 g/mol. The van der Waals surface area contributed by atoms with Crippen molar-refractivity contribution in [2.24, 2.45) is 5.41 Å². The molecule has 0 bridgehead atoms. The average molecular weight is 481 g/mol. The molecule has 186 valence electrons. The fourth-order valence-corrected chi connectivity index (χ4v) is 2.94. The van der Waals surface area contributed by atoms with Gasteiger partial charge in [-0.25, -0.2) is 5.48 Å². The van der Waals surface area contributed by atoms with Crippen LogP contribution in [0.25, 0.3) is 0 Å². The molecule has 0 saturated heterocycles. The Morgan fingerprint density at radius 3 is 1.97 bits per heavy atom. The van der Waals surface area contributed by atoms with Gasteiger partial charge in [-0.2, -0.15) is 0 Å². The standard InChI is InChI=1S/C26H32N4O5/c1-17(31)23(25(34)30-35)29-24(33)20-11-7-18(8-12-20)5-6-19-9-13-21(14-10-19)28-22(32)15-27-16-26(2,3)4/h7-14,17,23,27,31,35H,15-16H2,1-4H3,(H,28,32)(H,29,33)(H,30,34)/t17-,23+/m1/s1. The van der Waals surface area contributed by atoms with E-state index in [1.165, 1.54) is 12.4 Å². The maximum absolute atomic E-state index is 12.3. The van der Waals surface area contributed by atoms with E-state index in [4.69, 9.17) is 5.21 Å². The van der Waals surface area contributed by atoms with Gasteiger partial charge in [0.1, 0.15) is 6.04 Å². The number of hydroxylamine groups is 1. The molecule has 0 unspecified atom stereocenters. The summed E-state index contributed by atoms with van der Waals surface area (Å²) in [6, 6.07) is 12.3. The van der Waals surface area contributed by atoms with E-state index in [-0.39, 0.29) is 23.4 Å². The van der Waals surface area contributed by atoms with Gasteiger partial charge in [0, 0.05) is 28.9 Å². The molecule has 0 aromatic heterocycles. The van der Waals surface area contributed by atoms with Crippen LogP contribution in [-0.2, 0) is 9.59 Å². The molecule has 9 nitrogen and oxygen atoms in total. The Morgan fingerprint density at radius 1 is 0.943 bits per heavy atom. The third-order valence-electron chi connectivity index (χ3n) is 4.77. The summed E-state index contributed by atoms with van der Waals surface area (Å²) < 4.78 is 0. The zero-order valence-corrected chi connectivity index (χ0v) is 20.3. The zero-order valence-electron chi connectivity index (χ0n) is 20.3. The summed E-state index contributed by atoms with van der Waals surface area (Å²) in [6.45, 7) is 8.59. The lowest BCUT2D eigenvalue weighted by molar-refractivity contribution is -0.133. The summed E-state index contributed by atoms with van der Waals surface area (Å²) in [6.07, 6.45) is -1.19. The second-order valence-corrected chi connectivity index (χ2v) is 9.28. The summed E-state index contributed by atoms with van der Waals surface area (Å²) >= 11 is 0. The zero-order chi connectivity index (χ0) is 26.0. The van der Waals surface area contributed by atoms with Crippen LogP contribution in [0.3, 0.4) is 0 Å². The van der Waals surface area contributed by atoms with Crippen molar-refractivity contribution in [2.75, 3.05) is 18.4 Å². The highest BCUT2D eigenvalue weighted by molar-refractivity contribution is 5.97. The van der Waals surface area contributed by atoms with Gasteiger partial charge in [-0.1, -0.05) is 32.6 Å². The molecular weight excluding hydrogens is 448 g/mol. The van der Waals surface area contributed by atoms with Crippen LogP contribution in [-0.4, -0.2) is 53.3 Å². The van der Waals surface area contributed by atoms with Gasteiger partial charge in [0.2, 0.25) is 5.91 Å². The van der Waals surface area contributed by atoms with Gasteiger partial charge >= 0.3 is 0 Å². The van der Waals surface area contributed by atoms with Crippen molar-refractivity contribution >= 4 is 23.4 Å². The highest BCUT2D eigenvalue weighted by atomic mass is 16.5. The van der Waals surface area contributed by atoms with E-state index in [9.17, 15) is 19.5 Å². The summed E-state index contributed by atoms with van der Waals surface area (Å²) in [7, 11) is 0. The molecule has 0 radical (unpaired) electrons. The summed E-state index contributed by atoms with van der Waals surface area (Å²) in [5.74, 6) is 4.41.